The van der Waals surface area contributed by atoms with E-state index in [1.165, 1.54) is 12.8 Å². The molecule has 4 nitrogen and oxygen atoms in total. The Morgan fingerprint density at radius 1 is 1.29 bits per heavy atom. The average Bonchev–Trinajstić information content (AvgIpc) is 3.02. The van der Waals surface area contributed by atoms with Crippen LogP contribution in [0, 0.1) is 0 Å². The Kier molecular flexibility index (Phi) is 3.03. The normalized spacial score (nSPS) is 23.9. The first-order chi connectivity index (χ1) is 6.81. The third-order valence-electron chi connectivity index (χ3n) is 3.00. The summed E-state index contributed by atoms with van der Waals surface area (Å²) in [5, 5.41) is 0. The molecule has 0 aromatic rings. The number of piperazine rings is 1. The molecule has 1 saturated heterocycles. The van der Waals surface area contributed by atoms with E-state index in [4.69, 9.17) is 4.74 Å². The first-order valence-corrected chi connectivity index (χ1v) is 5.32. The minimum atomic E-state index is 0.128. The summed E-state index contributed by atoms with van der Waals surface area (Å²) in [6, 6.07) is 0.828. The summed E-state index contributed by atoms with van der Waals surface area (Å²) in [6.45, 7) is 4.06. The van der Waals surface area contributed by atoms with Crippen LogP contribution in [-0.2, 0) is 9.53 Å². The lowest BCUT2D eigenvalue weighted by Crippen LogP contribution is -2.50. The molecule has 0 N–H and O–H groups in total. The van der Waals surface area contributed by atoms with Gasteiger partial charge in [0.15, 0.2) is 0 Å². The van der Waals surface area contributed by atoms with E-state index >= 15 is 0 Å². The van der Waals surface area contributed by atoms with Crippen LogP contribution in [0.1, 0.15) is 12.8 Å². The van der Waals surface area contributed by atoms with E-state index in [1.54, 1.807) is 7.11 Å². The summed E-state index contributed by atoms with van der Waals surface area (Å²) >= 11 is 0. The number of hydrogen-bond acceptors (Lipinski definition) is 3. The number of carbonyl (C=O) groups excluding carboxylic acids is 1. The van der Waals surface area contributed by atoms with Crippen LogP contribution in [-0.4, -0.2) is 61.6 Å². The number of rotatable bonds is 3. The van der Waals surface area contributed by atoms with Gasteiger partial charge in [0.2, 0.25) is 5.91 Å². The van der Waals surface area contributed by atoms with E-state index in [-0.39, 0.29) is 12.5 Å². The van der Waals surface area contributed by atoms with Gasteiger partial charge in [0.1, 0.15) is 6.61 Å². The molecule has 1 aliphatic carbocycles. The molecule has 0 unspecified atom stereocenters. The van der Waals surface area contributed by atoms with Crippen molar-refractivity contribution in [3.63, 3.8) is 0 Å². The topological polar surface area (TPSA) is 32.8 Å². The van der Waals surface area contributed by atoms with Crippen molar-refractivity contribution < 1.29 is 9.53 Å². The molecule has 0 aromatic heterocycles. The lowest BCUT2D eigenvalue weighted by atomic mass is 10.3. The predicted molar refractivity (Wildman–Crippen MR) is 53.1 cm³/mol. The van der Waals surface area contributed by atoms with Crippen molar-refractivity contribution in [2.75, 3.05) is 39.9 Å². The van der Waals surface area contributed by atoms with Gasteiger partial charge in [0, 0.05) is 39.3 Å². The van der Waals surface area contributed by atoms with Gasteiger partial charge in [-0.15, -0.1) is 0 Å². The predicted octanol–water partition coefficient (Wildman–Crippen LogP) is -0.0606. The molecule has 2 rings (SSSR count). The van der Waals surface area contributed by atoms with Crippen molar-refractivity contribution in [2.45, 2.75) is 18.9 Å². The summed E-state index contributed by atoms with van der Waals surface area (Å²) < 4.78 is 4.84. The monoisotopic (exact) mass is 198 g/mol. The molecule has 0 radical (unpaired) electrons. The Morgan fingerprint density at radius 2 is 1.93 bits per heavy atom. The maximum atomic E-state index is 11.5. The second kappa shape index (κ2) is 4.28. The van der Waals surface area contributed by atoms with Crippen LogP contribution in [0.15, 0.2) is 0 Å². The van der Waals surface area contributed by atoms with E-state index in [2.05, 4.69) is 4.90 Å². The molecule has 1 saturated carbocycles. The lowest BCUT2D eigenvalue weighted by molar-refractivity contribution is -0.136. The highest BCUT2D eigenvalue weighted by Gasteiger charge is 2.31. The number of carbonyl (C=O) groups is 1. The number of hydrogen-bond donors (Lipinski definition) is 0. The van der Waals surface area contributed by atoms with Crippen molar-refractivity contribution in [2.24, 2.45) is 0 Å². The van der Waals surface area contributed by atoms with Crippen molar-refractivity contribution in [3.8, 4) is 0 Å². The zero-order valence-electron chi connectivity index (χ0n) is 8.74. The van der Waals surface area contributed by atoms with E-state index < -0.39 is 0 Å². The fourth-order valence-electron chi connectivity index (χ4n) is 1.99. The van der Waals surface area contributed by atoms with Gasteiger partial charge in [-0.2, -0.15) is 0 Å². The Morgan fingerprint density at radius 3 is 2.43 bits per heavy atom. The van der Waals surface area contributed by atoms with Crippen LogP contribution in [0.2, 0.25) is 0 Å². The smallest absolute Gasteiger partial charge is 0.248 e. The number of methoxy groups -OCH3 is 1. The number of ether oxygens (including phenoxy) is 1. The number of nitrogens with zero attached hydrogens (tertiary/aromatic N) is 2. The molecule has 2 fully saturated rings. The maximum Gasteiger partial charge on any atom is 0.248 e. The highest BCUT2D eigenvalue weighted by molar-refractivity contribution is 5.77. The molecule has 0 atom stereocenters. The molecule has 0 aromatic carbocycles. The summed E-state index contributed by atoms with van der Waals surface area (Å²) in [5.74, 6) is 0.128. The van der Waals surface area contributed by atoms with Crippen LogP contribution >= 0.6 is 0 Å². The van der Waals surface area contributed by atoms with E-state index in [1.807, 2.05) is 4.90 Å². The van der Waals surface area contributed by atoms with Crippen molar-refractivity contribution in [1.82, 2.24) is 9.80 Å². The average molecular weight is 198 g/mol. The van der Waals surface area contributed by atoms with E-state index in [0.717, 1.165) is 32.2 Å². The fraction of sp³-hybridized carbons (Fsp3) is 0.900. The molecule has 1 heterocycles. The quantitative estimate of drug-likeness (QED) is 0.637. The molecule has 14 heavy (non-hydrogen) atoms. The molecule has 0 spiro atoms. The molecule has 2 aliphatic rings. The third-order valence-corrected chi connectivity index (χ3v) is 3.00. The van der Waals surface area contributed by atoms with Crippen LogP contribution in [0.25, 0.3) is 0 Å². The van der Waals surface area contributed by atoms with Gasteiger partial charge in [0.05, 0.1) is 0 Å². The Hall–Kier alpha value is -0.610. The molecular formula is C10H18N2O2. The summed E-state index contributed by atoms with van der Waals surface area (Å²) in [5.41, 5.74) is 0. The van der Waals surface area contributed by atoms with Crippen LogP contribution in [0.5, 0.6) is 0 Å². The van der Waals surface area contributed by atoms with Gasteiger partial charge < -0.3 is 9.64 Å². The highest BCUT2D eigenvalue weighted by Crippen LogP contribution is 2.27. The molecule has 1 aliphatic heterocycles. The first-order valence-electron chi connectivity index (χ1n) is 5.32. The molecule has 4 heteroatoms. The molecule has 1 amide bonds. The van der Waals surface area contributed by atoms with Gasteiger partial charge >= 0.3 is 0 Å². The van der Waals surface area contributed by atoms with Gasteiger partial charge in [-0.05, 0) is 12.8 Å². The largest absolute Gasteiger partial charge is 0.375 e. The Balaban J connectivity index is 1.74. The van der Waals surface area contributed by atoms with E-state index in [9.17, 15) is 4.79 Å². The minimum absolute atomic E-state index is 0.128. The molecule has 80 valence electrons. The first kappa shape index (κ1) is 9.93. The van der Waals surface area contributed by atoms with Crippen LogP contribution in [0.3, 0.4) is 0 Å². The van der Waals surface area contributed by atoms with E-state index in [0.29, 0.717) is 0 Å². The lowest BCUT2D eigenvalue weighted by Gasteiger charge is -2.34. The third kappa shape index (κ3) is 2.25. The summed E-state index contributed by atoms with van der Waals surface area (Å²) in [7, 11) is 1.57. The standard InChI is InChI=1S/C10H18N2O2/c1-14-8-10(13)12-6-4-11(5-7-12)9-2-3-9/h9H,2-8H2,1H3. The minimum Gasteiger partial charge on any atom is -0.375 e. The van der Waals surface area contributed by atoms with Crippen molar-refractivity contribution >= 4 is 5.91 Å². The Labute approximate surface area is 84.8 Å². The number of amides is 1. The maximum absolute atomic E-state index is 11.5. The van der Waals surface area contributed by atoms with Crippen molar-refractivity contribution in [1.29, 1.82) is 0 Å². The van der Waals surface area contributed by atoms with Crippen LogP contribution in [0.4, 0.5) is 0 Å². The zero-order valence-corrected chi connectivity index (χ0v) is 8.74. The summed E-state index contributed by atoms with van der Waals surface area (Å²) in [6.07, 6.45) is 2.71. The zero-order chi connectivity index (χ0) is 9.97. The van der Waals surface area contributed by atoms with Crippen molar-refractivity contribution in [3.05, 3.63) is 0 Å². The molecule has 0 bridgehead atoms. The highest BCUT2D eigenvalue weighted by atomic mass is 16.5. The van der Waals surface area contributed by atoms with Gasteiger partial charge in [-0.3, -0.25) is 9.69 Å². The second-order valence-electron chi connectivity index (χ2n) is 4.08. The fourth-order valence-corrected chi connectivity index (χ4v) is 1.99. The van der Waals surface area contributed by atoms with Crippen LogP contribution < -0.4 is 0 Å². The Bertz CT molecular complexity index is 208. The van der Waals surface area contributed by atoms with Gasteiger partial charge in [-0.1, -0.05) is 0 Å². The molecular weight excluding hydrogens is 180 g/mol. The van der Waals surface area contributed by atoms with Gasteiger partial charge in [0.25, 0.3) is 0 Å². The summed E-state index contributed by atoms with van der Waals surface area (Å²) in [4.78, 5) is 15.9. The SMILES string of the molecule is COCC(=O)N1CCN(C2CC2)CC1. The second-order valence-corrected chi connectivity index (χ2v) is 4.08. The van der Waals surface area contributed by atoms with Gasteiger partial charge in [-0.25, -0.2) is 0 Å².